The summed E-state index contributed by atoms with van der Waals surface area (Å²) in [7, 11) is 0.915. The molecule has 0 aromatic rings. The molecule has 0 aliphatic heterocycles. The van der Waals surface area contributed by atoms with Crippen LogP contribution in [0.4, 0.5) is 0 Å². The summed E-state index contributed by atoms with van der Waals surface area (Å²) in [6.07, 6.45) is 29.5. The number of nitrogens with zero attached hydrogens (tertiary/aromatic N) is 1. The molecule has 224 valence electrons. The predicted octanol–water partition coefficient (Wildman–Crippen LogP) is 10.3. The van der Waals surface area contributed by atoms with Crippen LogP contribution in [0.5, 0.6) is 0 Å². The fourth-order valence-electron chi connectivity index (χ4n) is 4.64. The second kappa shape index (κ2) is 29.1. The first-order valence-electron chi connectivity index (χ1n) is 16.3. The molecule has 0 aromatic carbocycles. The van der Waals surface area contributed by atoms with Crippen LogP contribution in [0.2, 0.25) is 0 Å². The number of rotatable bonds is 31. The Morgan fingerprint density at radius 3 is 1.16 bits per heavy atom. The van der Waals surface area contributed by atoms with E-state index < -0.39 is 7.75 Å². The fourth-order valence-corrected chi connectivity index (χ4v) is 6.07. The summed E-state index contributed by atoms with van der Waals surface area (Å²) in [5.74, 6) is 0. The largest absolute Gasteiger partial charge is 0.405 e. The Morgan fingerprint density at radius 2 is 0.838 bits per heavy atom. The average Bonchev–Trinajstić information content (AvgIpc) is 2.88. The lowest BCUT2D eigenvalue weighted by atomic mass is 10.1. The molecule has 0 aromatic heterocycles. The van der Waals surface area contributed by atoms with E-state index in [0.29, 0.717) is 19.8 Å². The van der Waals surface area contributed by atoms with Gasteiger partial charge in [-0.05, 0) is 39.9 Å². The third-order valence-corrected chi connectivity index (χ3v) is 8.76. The summed E-state index contributed by atoms with van der Waals surface area (Å²) in [6.45, 7) is 7.21. The van der Waals surface area contributed by atoms with Gasteiger partial charge in [-0.15, -0.1) is 0 Å². The molecule has 0 saturated carbocycles. The van der Waals surface area contributed by atoms with Gasteiger partial charge in [-0.1, -0.05) is 142 Å². The average molecular weight is 547 g/mol. The summed E-state index contributed by atoms with van der Waals surface area (Å²) in [5.41, 5.74) is 0. The lowest BCUT2D eigenvalue weighted by molar-refractivity contribution is 0.189. The molecule has 0 aliphatic carbocycles. The van der Waals surface area contributed by atoms with Crippen molar-refractivity contribution in [3.8, 4) is 0 Å². The molecule has 0 amide bonds. The van der Waals surface area contributed by atoms with Crippen LogP contribution in [0.1, 0.15) is 162 Å². The monoisotopic (exact) mass is 546 g/mol. The van der Waals surface area contributed by atoms with E-state index in [4.69, 9.17) is 9.05 Å². The first-order valence-corrected chi connectivity index (χ1v) is 17.9. The quantitative estimate of drug-likeness (QED) is 0.0692. The van der Waals surface area contributed by atoms with Gasteiger partial charge in [0, 0.05) is 6.54 Å². The van der Waals surface area contributed by atoms with Gasteiger partial charge in [0.15, 0.2) is 0 Å². The number of hydrogen-bond acceptors (Lipinski definition) is 4. The van der Waals surface area contributed by atoms with Crippen molar-refractivity contribution in [3.05, 3.63) is 0 Å². The lowest BCUT2D eigenvalue weighted by Gasteiger charge is -2.20. The molecule has 0 aliphatic rings. The fraction of sp³-hybridized carbons (Fsp3) is 1.00. The molecule has 0 heterocycles. The first kappa shape index (κ1) is 37.1. The molecule has 0 atom stereocenters. The number of unbranched alkanes of at least 4 members (excludes halogenated alkanes) is 20. The van der Waals surface area contributed by atoms with E-state index in [9.17, 15) is 4.57 Å². The van der Waals surface area contributed by atoms with Gasteiger partial charge < -0.3 is 4.90 Å². The normalized spacial score (nSPS) is 12.1. The van der Waals surface area contributed by atoms with Crippen molar-refractivity contribution in [1.82, 2.24) is 9.99 Å². The zero-order valence-electron chi connectivity index (χ0n) is 25.7. The predicted molar refractivity (Wildman–Crippen MR) is 164 cm³/mol. The third-order valence-electron chi connectivity index (χ3n) is 7.11. The Bertz CT molecular complexity index is 459. The second-order valence-corrected chi connectivity index (χ2v) is 13.1. The van der Waals surface area contributed by atoms with Crippen LogP contribution in [-0.2, 0) is 13.6 Å². The van der Waals surface area contributed by atoms with E-state index in [0.717, 1.165) is 38.6 Å². The minimum atomic E-state index is -3.21. The van der Waals surface area contributed by atoms with Gasteiger partial charge in [-0.3, -0.25) is 9.05 Å². The molecule has 0 unspecified atom stereocenters. The maximum Gasteiger partial charge on any atom is 0.405 e. The summed E-state index contributed by atoms with van der Waals surface area (Å²) in [6, 6.07) is 0. The van der Waals surface area contributed by atoms with E-state index >= 15 is 0 Å². The van der Waals surface area contributed by atoms with E-state index in [2.05, 4.69) is 37.9 Å². The molecule has 0 spiro atoms. The summed E-state index contributed by atoms with van der Waals surface area (Å²) < 4.78 is 24.9. The van der Waals surface area contributed by atoms with Gasteiger partial charge in [-0.25, -0.2) is 9.65 Å². The molecule has 0 rings (SSSR count). The van der Waals surface area contributed by atoms with E-state index in [1.807, 2.05) is 0 Å². The molecular formula is C31H67N2O3P. The zero-order chi connectivity index (χ0) is 27.3. The smallest absolute Gasteiger partial charge is 0.309 e. The van der Waals surface area contributed by atoms with Crippen LogP contribution in [0.15, 0.2) is 0 Å². The van der Waals surface area contributed by atoms with Crippen molar-refractivity contribution in [2.45, 2.75) is 162 Å². The van der Waals surface area contributed by atoms with Gasteiger partial charge in [0.05, 0.1) is 13.2 Å². The van der Waals surface area contributed by atoms with Crippen LogP contribution < -0.4 is 5.09 Å². The maximum absolute atomic E-state index is 13.3. The van der Waals surface area contributed by atoms with Crippen molar-refractivity contribution in [2.24, 2.45) is 0 Å². The van der Waals surface area contributed by atoms with Crippen molar-refractivity contribution in [3.63, 3.8) is 0 Å². The van der Waals surface area contributed by atoms with Crippen molar-refractivity contribution in [2.75, 3.05) is 40.4 Å². The highest BCUT2D eigenvalue weighted by Gasteiger charge is 2.23. The van der Waals surface area contributed by atoms with Crippen molar-refractivity contribution < 1.29 is 13.6 Å². The SMILES string of the molecule is CCCCCCCCCCCCCOP(=O)(NCCCN(C)C)OCCCCCCCCCCCCC. The van der Waals surface area contributed by atoms with Crippen molar-refractivity contribution >= 4 is 7.75 Å². The minimum Gasteiger partial charge on any atom is -0.309 e. The number of hydrogen-bond donors (Lipinski definition) is 1. The molecular weight excluding hydrogens is 479 g/mol. The molecule has 0 bridgehead atoms. The lowest BCUT2D eigenvalue weighted by Crippen LogP contribution is -2.21. The van der Waals surface area contributed by atoms with Gasteiger partial charge in [0.1, 0.15) is 0 Å². The summed E-state index contributed by atoms with van der Waals surface area (Å²) in [4.78, 5) is 2.14. The van der Waals surface area contributed by atoms with E-state index in [1.54, 1.807) is 0 Å². The van der Waals surface area contributed by atoms with E-state index in [1.165, 1.54) is 116 Å². The molecule has 0 saturated heterocycles. The van der Waals surface area contributed by atoms with Gasteiger partial charge in [0.2, 0.25) is 0 Å². The Kier molecular flexibility index (Phi) is 29.1. The summed E-state index contributed by atoms with van der Waals surface area (Å²) in [5, 5.41) is 3.12. The molecule has 5 nitrogen and oxygen atoms in total. The topological polar surface area (TPSA) is 50.8 Å². The van der Waals surface area contributed by atoms with Crippen molar-refractivity contribution in [1.29, 1.82) is 0 Å². The number of nitrogens with one attached hydrogen (secondary N) is 1. The van der Waals surface area contributed by atoms with Gasteiger partial charge in [0.25, 0.3) is 0 Å². The molecule has 0 fully saturated rings. The van der Waals surface area contributed by atoms with Crippen LogP contribution >= 0.6 is 7.75 Å². The standard InChI is InChI=1S/C31H67N2O3P/c1-5-7-9-11-13-15-17-19-21-23-25-30-35-37(34,32-28-27-29-33(3)4)36-31-26-24-22-20-18-16-14-12-10-8-6-2/h5-31H2,1-4H3,(H,32,34). The minimum absolute atomic E-state index is 0.521. The molecule has 1 N–H and O–H groups in total. The highest BCUT2D eigenvalue weighted by Crippen LogP contribution is 2.44. The second-order valence-electron chi connectivity index (χ2n) is 11.3. The van der Waals surface area contributed by atoms with Gasteiger partial charge >= 0.3 is 7.75 Å². The molecule has 0 radical (unpaired) electrons. The Morgan fingerprint density at radius 1 is 0.514 bits per heavy atom. The van der Waals surface area contributed by atoms with E-state index in [-0.39, 0.29) is 0 Å². The van der Waals surface area contributed by atoms with Crippen LogP contribution in [0.25, 0.3) is 0 Å². The summed E-state index contributed by atoms with van der Waals surface area (Å²) >= 11 is 0. The van der Waals surface area contributed by atoms with Crippen LogP contribution in [0, 0.1) is 0 Å². The third kappa shape index (κ3) is 28.9. The Hall–Kier alpha value is 0.0700. The Balaban J connectivity index is 3.92. The maximum atomic E-state index is 13.3. The van der Waals surface area contributed by atoms with Crippen LogP contribution in [-0.4, -0.2) is 45.3 Å². The van der Waals surface area contributed by atoms with Crippen LogP contribution in [0.3, 0.4) is 0 Å². The molecule has 6 heteroatoms. The first-order chi connectivity index (χ1) is 18.0. The Labute approximate surface area is 233 Å². The zero-order valence-corrected chi connectivity index (χ0v) is 26.6. The molecule has 37 heavy (non-hydrogen) atoms. The highest BCUT2D eigenvalue weighted by atomic mass is 31.2. The highest BCUT2D eigenvalue weighted by molar-refractivity contribution is 7.51. The van der Waals surface area contributed by atoms with Gasteiger partial charge in [-0.2, -0.15) is 0 Å².